The predicted molar refractivity (Wildman–Crippen MR) is 82.0 cm³/mol. The van der Waals surface area contributed by atoms with Crippen LogP contribution in [0.3, 0.4) is 0 Å². The molecule has 0 aliphatic rings. The Hall–Kier alpha value is -2.12. The minimum Gasteiger partial charge on any atom is -0.506 e. The summed E-state index contributed by atoms with van der Waals surface area (Å²) in [6.07, 6.45) is 0.427. The molecule has 1 unspecified atom stereocenters. The molecule has 0 spiro atoms. The van der Waals surface area contributed by atoms with Gasteiger partial charge >= 0.3 is 5.97 Å². The molecule has 7 heteroatoms. The maximum absolute atomic E-state index is 11.9. The van der Waals surface area contributed by atoms with Crippen LogP contribution in [0.5, 0.6) is 5.75 Å². The molecule has 22 heavy (non-hydrogen) atoms. The lowest BCUT2D eigenvalue weighted by Gasteiger charge is -2.15. The number of anilines is 1. The monoisotopic (exact) mass is 310 g/mol. The second-order valence-corrected chi connectivity index (χ2v) is 4.96. The number of carbonyl (C=O) groups excluding carboxylic acids is 1. The highest BCUT2D eigenvalue weighted by atomic mass is 16.5. The summed E-state index contributed by atoms with van der Waals surface area (Å²) in [4.78, 5) is 23.1. The van der Waals surface area contributed by atoms with Crippen LogP contribution in [-0.2, 0) is 14.3 Å². The molecule has 0 heterocycles. The standard InChI is InChI=1S/C15H22N2O5/c1-10-4-5-13(18)11(8-10)17-14(19)9-12(15(20)21)16-6-3-7-22-2/h4-5,8,12,16,18H,3,6-7,9H2,1-2H3,(H,17,19)(H,20,21). The number of aryl methyl sites for hydroxylation is 1. The number of rotatable bonds is 9. The summed E-state index contributed by atoms with van der Waals surface area (Å²) in [7, 11) is 1.57. The summed E-state index contributed by atoms with van der Waals surface area (Å²) >= 11 is 0. The van der Waals surface area contributed by atoms with E-state index in [1.807, 2.05) is 6.92 Å². The van der Waals surface area contributed by atoms with Crippen molar-refractivity contribution in [1.82, 2.24) is 5.32 Å². The lowest BCUT2D eigenvalue weighted by Crippen LogP contribution is -2.40. The predicted octanol–water partition coefficient (Wildman–Crippen LogP) is 1.11. The minimum absolute atomic E-state index is 0.0566. The van der Waals surface area contributed by atoms with Gasteiger partial charge < -0.3 is 25.6 Å². The number of carboxylic acid groups (broad SMARTS) is 1. The van der Waals surface area contributed by atoms with E-state index < -0.39 is 17.9 Å². The molecular weight excluding hydrogens is 288 g/mol. The summed E-state index contributed by atoms with van der Waals surface area (Å²) < 4.78 is 4.87. The molecule has 0 saturated carbocycles. The first kappa shape index (κ1) is 17.9. The molecule has 122 valence electrons. The summed E-state index contributed by atoms with van der Waals surface area (Å²) in [5, 5.41) is 24.1. The number of carbonyl (C=O) groups is 2. The number of aliphatic carboxylic acids is 1. The fourth-order valence-electron chi connectivity index (χ4n) is 1.88. The molecule has 0 bridgehead atoms. The number of amides is 1. The van der Waals surface area contributed by atoms with Gasteiger partial charge in [-0.15, -0.1) is 0 Å². The van der Waals surface area contributed by atoms with Crippen molar-refractivity contribution in [1.29, 1.82) is 0 Å². The zero-order valence-corrected chi connectivity index (χ0v) is 12.8. The fraction of sp³-hybridized carbons (Fsp3) is 0.467. The fourth-order valence-corrected chi connectivity index (χ4v) is 1.88. The molecule has 0 aliphatic heterocycles. The van der Waals surface area contributed by atoms with Crippen LogP contribution >= 0.6 is 0 Å². The summed E-state index contributed by atoms with van der Waals surface area (Å²) in [6.45, 7) is 2.78. The number of hydrogen-bond donors (Lipinski definition) is 4. The third kappa shape index (κ3) is 6.11. The van der Waals surface area contributed by atoms with Crippen LogP contribution in [0.4, 0.5) is 5.69 Å². The number of hydrogen-bond acceptors (Lipinski definition) is 5. The van der Waals surface area contributed by atoms with E-state index in [9.17, 15) is 14.7 Å². The van der Waals surface area contributed by atoms with E-state index in [0.29, 0.717) is 19.6 Å². The lowest BCUT2D eigenvalue weighted by molar-refractivity contribution is -0.141. The van der Waals surface area contributed by atoms with Gasteiger partial charge in [0.2, 0.25) is 5.91 Å². The SMILES string of the molecule is COCCCNC(CC(=O)Nc1cc(C)ccc1O)C(=O)O. The average Bonchev–Trinajstić information content (AvgIpc) is 2.46. The molecule has 1 aromatic rings. The molecule has 1 atom stereocenters. The molecule has 0 radical (unpaired) electrons. The van der Waals surface area contributed by atoms with Crippen LogP contribution in [0.2, 0.25) is 0 Å². The van der Waals surface area contributed by atoms with Crippen LogP contribution in [0.15, 0.2) is 18.2 Å². The Kier molecular flexibility index (Phi) is 7.34. The van der Waals surface area contributed by atoms with E-state index in [-0.39, 0.29) is 17.9 Å². The quantitative estimate of drug-likeness (QED) is 0.402. The topological polar surface area (TPSA) is 108 Å². The van der Waals surface area contributed by atoms with Gasteiger partial charge in [0.05, 0.1) is 12.1 Å². The molecule has 4 N–H and O–H groups in total. The number of ether oxygens (including phenoxy) is 1. The number of carboxylic acids is 1. The Balaban J connectivity index is 2.56. The number of benzene rings is 1. The number of methoxy groups -OCH3 is 1. The Morgan fingerprint density at radius 1 is 1.36 bits per heavy atom. The zero-order valence-electron chi connectivity index (χ0n) is 12.8. The highest BCUT2D eigenvalue weighted by Crippen LogP contribution is 2.23. The van der Waals surface area contributed by atoms with E-state index in [4.69, 9.17) is 9.84 Å². The normalized spacial score (nSPS) is 11.9. The average molecular weight is 310 g/mol. The van der Waals surface area contributed by atoms with Gasteiger partial charge in [-0.1, -0.05) is 6.07 Å². The van der Waals surface area contributed by atoms with Gasteiger partial charge in [-0.25, -0.2) is 0 Å². The van der Waals surface area contributed by atoms with Gasteiger partial charge in [-0.05, 0) is 37.6 Å². The highest BCUT2D eigenvalue weighted by Gasteiger charge is 2.21. The van der Waals surface area contributed by atoms with Crippen LogP contribution in [0.25, 0.3) is 0 Å². The second kappa shape index (κ2) is 9.01. The molecular formula is C15H22N2O5. The van der Waals surface area contributed by atoms with E-state index in [2.05, 4.69) is 10.6 Å². The molecule has 0 aliphatic carbocycles. The van der Waals surface area contributed by atoms with Crippen molar-refractivity contribution in [3.63, 3.8) is 0 Å². The van der Waals surface area contributed by atoms with Crippen LogP contribution < -0.4 is 10.6 Å². The Labute approximate surface area is 129 Å². The molecule has 1 amide bonds. The van der Waals surface area contributed by atoms with Crippen molar-refractivity contribution in [2.75, 3.05) is 25.6 Å². The molecule has 1 aromatic carbocycles. The van der Waals surface area contributed by atoms with Gasteiger partial charge in [0.25, 0.3) is 0 Å². The van der Waals surface area contributed by atoms with Crippen LogP contribution in [-0.4, -0.2) is 48.4 Å². The van der Waals surface area contributed by atoms with Gasteiger partial charge in [-0.3, -0.25) is 9.59 Å². The third-order valence-electron chi connectivity index (χ3n) is 3.03. The lowest BCUT2D eigenvalue weighted by atomic mass is 10.1. The van der Waals surface area contributed by atoms with E-state index in [0.717, 1.165) is 5.56 Å². The number of phenolic OH excluding ortho intramolecular Hbond substituents is 1. The van der Waals surface area contributed by atoms with Gasteiger partial charge in [0.1, 0.15) is 11.8 Å². The maximum Gasteiger partial charge on any atom is 0.321 e. The summed E-state index contributed by atoms with van der Waals surface area (Å²) in [5.41, 5.74) is 1.15. The first-order valence-electron chi connectivity index (χ1n) is 6.98. The van der Waals surface area contributed by atoms with Gasteiger partial charge in [-0.2, -0.15) is 0 Å². The number of nitrogens with one attached hydrogen (secondary N) is 2. The Morgan fingerprint density at radius 3 is 2.73 bits per heavy atom. The molecule has 1 rings (SSSR count). The largest absolute Gasteiger partial charge is 0.506 e. The van der Waals surface area contributed by atoms with Crippen molar-refractivity contribution in [2.24, 2.45) is 0 Å². The summed E-state index contributed by atoms with van der Waals surface area (Å²) in [5.74, 6) is -1.63. The van der Waals surface area contributed by atoms with E-state index >= 15 is 0 Å². The highest BCUT2D eigenvalue weighted by molar-refractivity contribution is 5.95. The molecule has 0 saturated heterocycles. The Bertz CT molecular complexity index is 519. The van der Waals surface area contributed by atoms with Crippen LogP contribution in [0, 0.1) is 6.92 Å². The van der Waals surface area contributed by atoms with Crippen LogP contribution in [0.1, 0.15) is 18.4 Å². The van der Waals surface area contributed by atoms with Crippen molar-refractivity contribution < 1.29 is 24.5 Å². The zero-order chi connectivity index (χ0) is 16.5. The molecule has 0 aromatic heterocycles. The minimum atomic E-state index is -1.10. The van der Waals surface area contributed by atoms with E-state index in [1.165, 1.54) is 6.07 Å². The van der Waals surface area contributed by atoms with Crippen molar-refractivity contribution in [3.8, 4) is 5.75 Å². The van der Waals surface area contributed by atoms with E-state index in [1.54, 1.807) is 19.2 Å². The smallest absolute Gasteiger partial charge is 0.321 e. The first-order chi connectivity index (χ1) is 10.4. The van der Waals surface area contributed by atoms with Gasteiger partial charge in [0, 0.05) is 13.7 Å². The molecule has 7 nitrogen and oxygen atoms in total. The number of aromatic hydroxyl groups is 1. The third-order valence-corrected chi connectivity index (χ3v) is 3.03. The first-order valence-corrected chi connectivity index (χ1v) is 6.98. The Morgan fingerprint density at radius 2 is 2.09 bits per heavy atom. The molecule has 0 fully saturated rings. The van der Waals surface area contributed by atoms with Crippen molar-refractivity contribution in [2.45, 2.75) is 25.8 Å². The second-order valence-electron chi connectivity index (χ2n) is 4.96. The van der Waals surface area contributed by atoms with Crippen molar-refractivity contribution in [3.05, 3.63) is 23.8 Å². The number of phenols is 1. The van der Waals surface area contributed by atoms with Gasteiger partial charge in [0.15, 0.2) is 0 Å². The summed E-state index contributed by atoms with van der Waals surface area (Å²) in [6, 6.07) is 3.82. The van der Waals surface area contributed by atoms with Crippen molar-refractivity contribution >= 4 is 17.6 Å². The maximum atomic E-state index is 11.9.